The van der Waals surface area contributed by atoms with Crippen LogP contribution >= 0.6 is 11.8 Å². The Balaban J connectivity index is 1.42. The number of carbonyl (C=O) groups is 1. The van der Waals surface area contributed by atoms with E-state index in [1.807, 2.05) is 23.6 Å². The van der Waals surface area contributed by atoms with E-state index in [4.69, 9.17) is 4.42 Å². The molecule has 0 unspecified atom stereocenters. The van der Waals surface area contributed by atoms with Crippen LogP contribution in [0.15, 0.2) is 34.6 Å². The Morgan fingerprint density at radius 3 is 2.73 bits per heavy atom. The summed E-state index contributed by atoms with van der Waals surface area (Å²) >= 11 is 1.42. The monoisotopic (exact) mass is 372 g/mol. The minimum atomic E-state index is 0.0907. The van der Waals surface area contributed by atoms with Crippen LogP contribution in [-0.4, -0.2) is 32.5 Å². The van der Waals surface area contributed by atoms with Gasteiger partial charge in [-0.15, -0.1) is 16.8 Å². The van der Waals surface area contributed by atoms with E-state index in [1.165, 1.54) is 37.4 Å². The third-order valence-corrected chi connectivity index (χ3v) is 6.01. The first-order valence-corrected chi connectivity index (χ1v) is 10.2. The third kappa shape index (κ3) is 3.72. The van der Waals surface area contributed by atoms with Crippen molar-refractivity contribution < 1.29 is 9.21 Å². The summed E-state index contributed by atoms with van der Waals surface area (Å²) in [6, 6.07) is 2.27. The first-order valence-electron chi connectivity index (χ1n) is 9.18. The second kappa shape index (κ2) is 7.31. The topological polar surface area (TPSA) is 73.0 Å². The molecule has 2 saturated carbocycles. The zero-order chi connectivity index (χ0) is 18.1. The number of hydrogen-bond donors (Lipinski definition) is 1. The molecule has 2 aromatic heterocycles. The van der Waals surface area contributed by atoms with Gasteiger partial charge in [0.1, 0.15) is 5.76 Å². The van der Waals surface area contributed by atoms with Gasteiger partial charge in [-0.3, -0.25) is 9.36 Å². The Bertz CT molecular complexity index is 792. The summed E-state index contributed by atoms with van der Waals surface area (Å²) in [5.74, 6) is 3.40. The van der Waals surface area contributed by atoms with E-state index in [1.54, 1.807) is 6.26 Å². The number of furan rings is 1. The average Bonchev–Trinajstić information content (AvgIpc) is 3.55. The number of aromatic nitrogens is 3. The maximum atomic E-state index is 12.4. The van der Waals surface area contributed by atoms with Crippen LogP contribution in [0.25, 0.3) is 11.4 Å². The van der Waals surface area contributed by atoms with Crippen LogP contribution < -0.4 is 5.32 Å². The number of rotatable bonds is 9. The number of carbonyl (C=O) groups excluding carboxylic acids is 1. The van der Waals surface area contributed by atoms with Gasteiger partial charge in [-0.1, -0.05) is 17.8 Å². The molecule has 138 valence electrons. The highest BCUT2D eigenvalue weighted by Crippen LogP contribution is 2.44. The van der Waals surface area contributed by atoms with Gasteiger partial charge in [0.05, 0.1) is 17.6 Å². The van der Waals surface area contributed by atoms with Crippen LogP contribution in [0.2, 0.25) is 0 Å². The highest BCUT2D eigenvalue weighted by atomic mass is 32.2. The van der Waals surface area contributed by atoms with Crippen LogP contribution in [0.3, 0.4) is 0 Å². The molecule has 0 radical (unpaired) electrons. The molecule has 1 amide bonds. The minimum Gasteiger partial charge on any atom is -0.469 e. The Kier molecular flexibility index (Phi) is 4.89. The largest absolute Gasteiger partial charge is 0.469 e. The summed E-state index contributed by atoms with van der Waals surface area (Å²) < 4.78 is 7.36. The number of nitrogens with one attached hydrogen (secondary N) is 1. The van der Waals surface area contributed by atoms with Crippen molar-refractivity contribution >= 4 is 17.7 Å². The molecule has 4 rings (SSSR count). The molecule has 7 heteroatoms. The van der Waals surface area contributed by atoms with Gasteiger partial charge in [-0.05, 0) is 50.5 Å². The van der Waals surface area contributed by atoms with Gasteiger partial charge >= 0.3 is 0 Å². The lowest BCUT2D eigenvalue weighted by Gasteiger charge is -2.17. The lowest BCUT2D eigenvalue weighted by Crippen LogP contribution is -2.39. The van der Waals surface area contributed by atoms with Gasteiger partial charge in [-0.25, -0.2) is 0 Å². The average molecular weight is 372 g/mol. The number of nitrogens with zero attached hydrogens (tertiary/aromatic N) is 3. The van der Waals surface area contributed by atoms with Crippen LogP contribution in [0.5, 0.6) is 0 Å². The molecule has 0 saturated heterocycles. The van der Waals surface area contributed by atoms with Crippen molar-refractivity contribution in [2.75, 3.05) is 5.75 Å². The molecular weight excluding hydrogens is 348 g/mol. The Labute approximate surface area is 157 Å². The van der Waals surface area contributed by atoms with Crippen molar-refractivity contribution in [1.82, 2.24) is 20.1 Å². The van der Waals surface area contributed by atoms with E-state index in [-0.39, 0.29) is 5.91 Å². The Morgan fingerprint density at radius 1 is 1.42 bits per heavy atom. The van der Waals surface area contributed by atoms with Gasteiger partial charge in [0.2, 0.25) is 5.91 Å². The smallest absolute Gasteiger partial charge is 0.230 e. The van der Waals surface area contributed by atoms with Crippen molar-refractivity contribution in [3.63, 3.8) is 0 Å². The predicted molar refractivity (Wildman–Crippen MR) is 101 cm³/mol. The van der Waals surface area contributed by atoms with E-state index in [2.05, 4.69) is 22.1 Å². The molecule has 1 N–H and O–H groups in total. The number of hydrogen-bond acceptors (Lipinski definition) is 5. The highest BCUT2D eigenvalue weighted by Gasteiger charge is 2.42. The van der Waals surface area contributed by atoms with Crippen molar-refractivity contribution in [3.05, 3.63) is 30.7 Å². The van der Waals surface area contributed by atoms with Crippen molar-refractivity contribution in [2.45, 2.75) is 50.4 Å². The molecule has 0 aromatic carbocycles. The predicted octanol–water partition coefficient (Wildman–Crippen LogP) is 3.43. The fraction of sp³-hybridized carbons (Fsp3) is 0.526. The summed E-state index contributed by atoms with van der Waals surface area (Å²) in [6.45, 7) is 6.31. The second-order valence-electron chi connectivity index (χ2n) is 7.15. The maximum absolute atomic E-state index is 12.4. The van der Waals surface area contributed by atoms with Crippen LogP contribution in [0.1, 0.15) is 31.4 Å². The van der Waals surface area contributed by atoms with Gasteiger partial charge < -0.3 is 9.73 Å². The molecule has 0 bridgehead atoms. The quantitative estimate of drug-likeness (QED) is 0.539. The summed E-state index contributed by atoms with van der Waals surface area (Å²) in [7, 11) is 0. The lowest BCUT2D eigenvalue weighted by molar-refractivity contribution is -0.119. The molecule has 2 heterocycles. The van der Waals surface area contributed by atoms with Crippen molar-refractivity contribution in [3.8, 4) is 11.4 Å². The molecule has 0 atom stereocenters. The second-order valence-corrected chi connectivity index (χ2v) is 8.10. The zero-order valence-electron chi connectivity index (χ0n) is 15.0. The maximum Gasteiger partial charge on any atom is 0.230 e. The summed E-state index contributed by atoms with van der Waals surface area (Å²) in [5, 5.41) is 12.6. The summed E-state index contributed by atoms with van der Waals surface area (Å²) in [4.78, 5) is 12.4. The Morgan fingerprint density at radius 2 is 2.15 bits per heavy atom. The van der Waals surface area contributed by atoms with Crippen LogP contribution in [-0.2, 0) is 11.3 Å². The number of thioether (sulfide) groups is 1. The summed E-state index contributed by atoms with van der Waals surface area (Å²) in [6.07, 6.45) is 8.49. The first kappa shape index (κ1) is 17.4. The molecule has 2 aromatic rings. The molecule has 2 fully saturated rings. The highest BCUT2D eigenvalue weighted by molar-refractivity contribution is 7.99. The van der Waals surface area contributed by atoms with E-state index < -0.39 is 0 Å². The molecule has 0 aliphatic heterocycles. The minimum absolute atomic E-state index is 0.0907. The normalized spacial score (nSPS) is 16.8. The summed E-state index contributed by atoms with van der Waals surface area (Å²) in [5.41, 5.74) is 0.915. The number of allylic oxidation sites excluding steroid dienone is 1. The van der Waals surface area contributed by atoms with E-state index in [0.29, 0.717) is 30.2 Å². The molecule has 6 nitrogen and oxygen atoms in total. The number of aryl methyl sites for hydroxylation is 1. The van der Waals surface area contributed by atoms with Gasteiger partial charge in [0, 0.05) is 12.6 Å². The molecule has 2 aliphatic carbocycles. The zero-order valence-corrected chi connectivity index (χ0v) is 15.8. The molecule has 26 heavy (non-hydrogen) atoms. The van der Waals surface area contributed by atoms with E-state index in [0.717, 1.165) is 22.3 Å². The lowest BCUT2D eigenvalue weighted by atomic mass is 10.1. The van der Waals surface area contributed by atoms with Gasteiger partial charge in [0.25, 0.3) is 0 Å². The van der Waals surface area contributed by atoms with Gasteiger partial charge in [0.15, 0.2) is 11.0 Å². The van der Waals surface area contributed by atoms with Crippen molar-refractivity contribution in [1.29, 1.82) is 0 Å². The molecule has 0 spiro atoms. The first-order chi connectivity index (χ1) is 12.7. The van der Waals surface area contributed by atoms with Gasteiger partial charge in [-0.2, -0.15) is 0 Å². The molecule has 2 aliphatic rings. The van der Waals surface area contributed by atoms with Crippen LogP contribution in [0.4, 0.5) is 0 Å². The molecular formula is C19H24N4O2S. The third-order valence-electron chi connectivity index (χ3n) is 5.05. The standard InChI is InChI=1S/C19H24N4O2S/c1-3-9-23-18(15-8-10-25-12(15)2)21-22-19(23)26-11-16(24)20-17(13-4-5-13)14-6-7-14/h3,8,10,13-14,17H,1,4-7,9,11H2,2H3,(H,20,24). The number of amides is 1. The Hall–Kier alpha value is -2.02. The van der Waals surface area contributed by atoms with E-state index in [9.17, 15) is 4.79 Å². The fourth-order valence-electron chi connectivity index (χ4n) is 3.39. The van der Waals surface area contributed by atoms with Crippen LogP contribution in [0, 0.1) is 18.8 Å². The fourth-order valence-corrected chi connectivity index (χ4v) is 4.15. The SMILES string of the molecule is C=CCn1c(SCC(=O)NC(C2CC2)C2CC2)nnc1-c1ccoc1C. The van der Waals surface area contributed by atoms with Crippen molar-refractivity contribution in [2.24, 2.45) is 11.8 Å². The van der Waals surface area contributed by atoms with E-state index >= 15 is 0 Å².